The van der Waals surface area contributed by atoms with Crippen LogP contribution in [0.4, 0.5) is 11.5 Å². The third kappa shape index (κ3) is 6.00. The van der Waals surface area contributed by atoms with E-state index in [2.05, 4.69) is 27.2 Å². The van der Waals surface area contributed by atoms with Crippen molar-refractivity contribution >= 4 is 17.3 Å². The van der Waals surface area contributed by atoms with Gasteiger partial charge < -0.3 is 15.8 Å². The number of anilines is 2. The monoisotopic (exact) mass is 391 g/mol. The van der Waals surface area contributed by atoms with Crippen molar-refractivity contribution in [2.24, 2.45) is 0 Å². The minimum absolute atomic E-state index is 0.0841. The van der Waals surface area contributed by atoms with Gasteiger partial charge in [-0.1, -0.05) is 37.6 Å². The average molecular weight is 391 g/mol. The predicted molar refractivity (Wildman–Crippen MR) is 113 cm³/mol. The van der Waals surface area contributed by atoms with Crippen molar-refractivity contribution in [3.8, 4) is 5.88 Å². The fraction of sp³-hybridized carbons (Fsp3) is 0.273. The number of hydrogen-bond acceptors (Lipinski definition) is 7. The SMILES string of the molecule is CCCCOc1cnc(C(=O)Cc2cccc(CNc3cccnc3N)c2)cn1. The lowest BCUT2D eigenvalue weighted by atomic mass is 10.0. The first-order valence-electron chi connectivity index (χ1n) is 9.66. The lowest BCUT2D eigenvalue weighted by Gasteiger charge is -2.09. The summed E-state index contributed by atoms with van der Waals surface area (Å²) in [6, 6.07) is 11.6. The predicted octanol–water partition coefficient (Wildman–Crippen LogP) is 3.67. The van der Waals surface area contributed by atoms with Crippen LogP contribution in [0.1, 0.15) is 41.4 Å². The van der Waals surface area contributed by atoms with E-state index in [4.69, 9.17) is 10.5 Å². The van der Waals surface area contributed by atoms with Crippen LogP contribution in [-0.4, -0.2) is 27.3 Å². The van der Waals surface area contributed by atoms with Crippen LogP contribution >= 0.6 is 0 Å². The molecule has 0 spiro atoms. The number of unbranched alkanes of at least 4 members (excludes halogenated alkanes) is 1. The van der Waals surface area contributed by atoms with Crippen molar-refractivity contribution in [1.82, 2.24) is 15.0 Å². The molecule has 1 aromatic carbocycles. The molecule has 0 aliphatic carbocycles. The first kappa shape index (κ1) is 20.3. The van der Waals surface area contributed by atoms with Crippen LogP contribution in [0, 0.1) is 0 Å². The summed E-state index contributed by atoms with van der Waals surface area (Å²) in [5.74, 6) is 0.816. The topological polar surface area (TPSA) is 103 Å². The molecule has 0 amide bonds. The summed E-state index contributed by atoms with van der Waals surface area (Å²) in [4.78, 5) is 25.0. The smallest absolute Gasteiger partial charge is 0.232 e. The van der Waals surface area contributed by atoms with Gasteiger partial charge in [-0.05, 0) is 29.7 Å². The fourth-order valence-electron chi connectivity index (χ4n) is 2.75. The molecule has 0 aliphatic rings. The van der Waals surface area contributed by atoms with Gasteiger partial charge in [-0.2, -0.15) is 0 Å². The quantitative estimate of drug-likeness (QED) is 0.401. The van der Waals surface area contributed by atoms with Gasteiger partial charge in [0, 0.05) is 19.2 Å². The third-order valence-corrected chi connectivity index (χ3v) is 4.34. The Labute approximate surface area is 170 Å². The van der Waals surface area contributed by atoms with E-state index in [0.717, 1.165) is 29.7 Å². The number of aromatic nitrogens is 3. The van der Waals surface area contributed by atoms with Crippen molar-refractivity contribution in [3.05, 3.63) is 71.8 Å². The zero-order valence-corrected chi connectivity index (χ0v) is 16.5. The van der Waals surface area contributed by atoms with E-state index < -0.39 is 0 Å². The number of benzene rings is 1. The molecule has 2 aromatic heterocycles. The average Bonchev–Trinajstić information content (AvgIpc) is 2.74. The van der Waals surface area contributed by atoms with Crippen molar-refractivity contribution in [1.29, 1.82) is 0 Å². The number of nitrogen functional groups attached to an aromatic ring is 1. The van der Waals surface area contributed by atoms with Gasteiger partial charge in [0.05, 0.1) is 24.7 Å². The molecule has 0 aliphatic heterocycles. The van der Waals surface area contributed by atoms with Crippen LogP contribution in [-0.2, 0) is 13.0 Å². The van der Waals surface area contributed by atoms with Gasteiger partial charge >= 0.3 is 0 Å². The number of pyridine rings is 1. The number of ketones is 1. The molecule has 3 rings (SSSR count). The van der Waals surface area contributed by atoms with Crippen molar-refractivity contribution in [3.63, 3.8) is 0 Å². The summed E-state index contributed by atoms with van der Waals surface area (Å²) in [7, 11) is 0. The van der Waals surface area contributed by atoms with Crippen LogP contribution < -0.4 is 15.8 Å². The Balaban J connectivity index is 1.58. The Morgan fingerprint density at radius 2 is 1.97 bits per heavy atom. The maximum atomic E-state index is 12.5. The highest BCUT2D eigenvalue weighted by Crippen LogP contribution is 2.16. The Morgan fingerprint density at radius 1 is 1.10 bits per heavy atom. The normalized spacial score (nSPS) is 10.5. The second-order valence-electron chi connectivity index (χ2n) is 6.65. The largest absolute Gasteiger partial charge is 0.477 e. The molecule has 7 heteroatoms. The zero-order chi connectivity index (χ0) is 20.5. The summed E-state index contributed by atoms with van der Waals surface area (Å²) in [6.07, 6.45) is 6.89. The molecular weight excluding hydrogens is 366 g/mol. The first-order valence-corrected chi connectivity index (χ1v) is 9.66. The number of nitrogens with one attached hydrogen (secondary N) is 1. The van der Waals surface area contributed by atoms with Crippen LogP contribution in [0.2, 0.25) is 0 Å². The van der Waals surface area contributed by atoms with Crippen molar-refractivity contribution < 1.29 is 9.53 Å². The summed E-state index contributed by atoms with van der Waals surface area (Å²) >= 11 is 0. The highest BCUT2D eigenvalue weighted by Gasteiger charge is 2.10. The Kier molecular flexibility index (Phi) is 7.10. The lowest BCUT2D eigenvalue weighted by Crippen LogP contribution is -2.08. The Hall–Kier alpha value is -3.48. The lowest BCUT2D eigenvalue weighted by molar-refractivity contribution is 0.0987. The third-order valence-electron chi connectivity index (χ3n) is 4.34. The molecule has 0 unspecified atom stereocenters. The molecular formula is C22H25N5O2. The number of Topliss-reactive ketones (excluding diaryl/α,β-unsaturated/α-hetero) is 1. The molecule has 0 fully saturated rings. The number of carbonyl (C=O) groups is 1. The molecule has 0 radical (unpaired) electrons. The molecule has 150 valence electrons. The molecule has 0 bridgehead atoms. The molecule has 0 saturated heterocycles. The highest BCUT2D eigenvalue weighted by atomic mass is 16.5. The van der Waals surface area contributed by atoms with Crippen LogP contribution in [0.25, 0.3) is 0 Å². The van der Waals surface area contributed by atoms with Gasteiger partial charge in [0.15, 0.2) is 5.78 Å². The molecule has 0 atom stereocenters. The fourth-order valence-corrected chi connectivity index (χ4v) is 2.75. The number of ether oxygens (including phenoxy) is 1. The molecule has 0 saturated carbocycles. The van der Waals surface area contributed by atoms with Crippen LogP contribution in [0.15, 0.2) is 55.0 Å². The molecule has 3 N–H and O–H groups in total. The van der Waals surface area contributed by atoms with Crippen molar-refractivity contribution in [2.75, 3.05) is 17.7 Å². The van der Waals surface area contributed by atoms with Crippen LogP contribution in [0.3, 0.4) is 0 Å². The van der Waals surface area contributed by atoms with E-state index in [1.807, 2.05) is 36.4 Å². The summed E-state index contributed by atoms with van der Waals surface area (Å²) in [5.41, 5.74) is 8.93. The molecule has 3 aromatic rings. The van der Waals surface area contributed by atoms with Crippen molar-refractivity contribution in [2.45, 2.75) is 32.7 Å². The highest BCUT2D eigenvalue weighted by molar-refractivity contribution is 5.95. The number of carbonyl (C=O) groups excluding carboxylic acids is 1. The standard InChI is InChI=1S/C22H25N5O2/c1-2-3-10-29-21-15-26-19(14-27-21)20(28)12-16-6-4-7-17(11-16)13-25-18-8-5-9-24-22(18)23/h4-9,11,14-15,25H,2-3,10,12-13H2,1H3,(H2,23,24). The van der Waals surface area contributed by atoms with Gasteiger partial charge in [-0.15, -0.1) is 0 Å². The van der Waals surface area contributed by atoms with Gasteiger partial charge in [-0.25, -0.2) is 15.0 Å². The zero-order valence-electron chi connectivity index (χ0n) is 16.5. The Bertz CT molecular complexity index is 944. The van der Waals surface area contributed by atoms with Gasteiger partial charge in [0.2, 0.25) is 5.88 Å². The maximum Gasteiger partial charge on any atom is 0.232 e. The van der Waals surface area contributed by atoms with E-state index in [0.29, 0.717) is 30.5 Å². The van der Waals surface area contributed by atoms with Crippen LogP contribution in [0.5, 0.6) is 5.88 Å². The number of nitrogens with two attached hydrogens (primary N) is 1. The molecule has 7 nitrogen and oxygen atoms in total. The van der Waals surface area contributed by atoms with E-state index in [-0.39, 0.29) is 12.2 Å². The summed E-state index contributed by atoms with van der Waals surface area (Å²) in [5, 5.41) is 3.26. The van der Waals surface area contributed by atoms with E-state index >= 15 is 0 Å². The van der Waals surface area contributed by atoms with Gasteiger partial charge in [-0.3, -0.25) is 4.79 Å². The second-order valence-corrected chi connectivity index (χ2v) is 6.65. The first-order chi connectivity index (χ1) is 14.2. The minimum Gasteiger partial charge on any atom is -0.477 e. The second kappa shape index (κ2) is 10.2. The number of hydrogen-bond donors (Lipinski definition) is 2. The van der Waals surface area contributed by atoms with E-state index in [9.17, 15) is 4.79 Å². The molecule has 29 heavy (non-hydrogen) atoms. The van der Waals surface area contributed by atoms with E-state index in [1.165, 1.54) is 12.4 Å². The summed E-state index contributed by atoms with van der Waals surface area (Å²) < 4.78 is 5.48. The van der Waals surface area contributed by atoms with E-state index in [1.54, 1.807) is 6.20 Å². The minimum atomic E-state index is -0.0841. The summed E-state index contributed by atoms with van der Waals surface area (Å²) in [6.45, 7) is 3.28. The number of nitrogens with zero attached hydrogens (tertiary/aromatic N) is 3. The Morgan fingerprint density at radius 3 is 2.72 bits per heavy atom. The van der Waals surface area contributed by atoms with Gasteiger partial charge in [0.1, 0.15) is 11.5 Å². The van der Waals surface area contributed by atoms with Gasteiger partial charge in [0.25, 0.3) is 0 Å². The molecule has 2 heterocycles. The maximum absolute atomic E-state index is 12.5. The number of rotatable bonds is 10.